The highest BCUT2D eigenvalue weighted by Gasteiger charge is 2.20. The molecule has 0 radical (unpaired) electrons. The molecule has 0 amide bonds. The summed E-state index contributed by atoms with van der Waals surface area (Å²) in [6.07, 6.45) is 0. The molecule has 0 saturated heterocycles. The fraction of sp³-hybridized carbons (Fsp3) is 0.308. The van der Waals surface area contributed by atoms with Crippen molar-refractivity contribution in [3.05, 3.63) is 39.8 Å². The molecule has 2 rings (SSSR count). The van der Waals surface area contributed by atoms with Gasteiger partial charge in [0.15, 0.2) is 0 Å². The Labute approximate surface area is 123 Å². The number of hydrogen-bond acceptors (Lipinski definition) is 5. The first kappa shape index (κ1) is 15.0. The van der Waals surface area contributed by atoms with Crippen LogP contribution in [0.4, 0.5) is 5.69 Å². The van der Waals surface area contributed by atoms with E-state index in [1.165, 1.54) is 11.3 Å². The number of pyridine rings is 1. The molecule has 0 aliphatic heterocycles. The lowest BCUT2D eigenvalue weighted by atomic mass is 10.3. The summed E-state index contributed by atoms with van der Waals surface area (Å²) in [4.78, 5) is 5.37. The van der Waals surface area contributed by atoms with Gasteiger partial charge in [-0.1, -0.05) is 0 Å². The van der Waals surface area contributed by atoms with Crippen molar-refractivity contribution in [2.24, 2.45) is 0 Å². The van der Waals surface area contributed by atoms with E-state index in [0.29, 0.717) is 22.8 Å². The Hall–Kier alpha value is -1.44. The molecular formula is C13H17N3O2S2. The van der Waals surface area contributed by atoms with Crippen LogP contribution in [0.5, 0.6) is 0 Å². The first-order chi connectivity index (χ1) is 9.44. The molecule has 2 aromatic heterocycles. The third kappa shape index (κ3) is 3.17. The molecule has 0 saturated carbocycles. The highest BCUT2D eigenvalue weighted by molar-refractivity contribution is 7.93. The number of sulfonamides is 1. The molecule has 0 aliphatic carbocycles. The second-order valence-electron chi connectivity index (χ2n) is 4.43. The SMILES string of the molecule is CNCc1sccc1S(=O)(=O)Nc1ccc(C)nc1C. The predicted molar refractivity (Wildman–Crippen MR) is 81.6 cm³/mol. The highest BCUT2D eigenvalue weighted by Crippen LogP contribution is 2.25. The van der Waals surface area contributed by atoms with Gasteiger partial charge in [0.25, 0.3) is 10.0 Å². The van der Waals surface area contributed by atoms with Crippen molar-refractivity contribution in [2.75, 3.05) is 11.8 Å². The molecule has 2 N–H and O–H groups in total. The van der Waals surface area contributed by atoms with E-state index in [9.17, 15) is 8.42 Å². The van der Waals surface area contributed by atoms with Crippen LogP contribution in [0.2, 0.25) is 0 Å². The van der Waals surface area contributed by atoms with E-state index in [4.69, 9.17) is 0 Å². The van der Waals surface area contributed by atoms with Crippen LogP contribution in [-0.2, 0) is 16.6 Å². The van der Waals surface area contributed by atoms with Crippen molar-refractivity contribution in [1.29, 1.82) is 0 Å². The van der Waals surface area contributed by atoms with Gasteiger partial charge < -0.3 is 5.32 Å². The zero-order valence-electron chi connectivity index (χ0n) is 11.6. The van der Waals surface area contributed by atoms with Gasteiger partial charge in [-0.2, -0.15) is 0 Å². The van der Waals surface area contributed by atoms with E-state index < -0.39 is 10.0 Å². The average Bonchev–Trinajstić information content (AvgIpc) is 2.82. The molecule has 0 atom stereocenters. The summed E-state index contributed by atoms with van der Waals surface area (Å²) in [6, 6.07) is 5.14. The summed E-state index contributed by atoms with van der Waals surface area (Å²) in [5.41, 5.74) is 2.04. The minimum absolute atomic E-state index is 0.317. The maximum atomic E-state index is 12.4. The van der Waals surface area contributed by atoms with Crippen LogP contribution >= 0.6 is 11.3 Å². The van der Waals surface area contributed by atoms with E-state index in [2.05, 4.69) is 15.0 Å². The summed E-state index contributed by atoms with van der Waals surface area (Å²) in [6.45, 7) is 4.18. The molecule has 108 valence electrons. The quantitative estimate of drug-likeness (QED) is 0.888. The monoisotopic (exact) mass is 311 g/mol. The normalized spacial score (nSPS) is 11.6. The van der Waals surface area contributed by atoms with Gasteiger partial charge in [0.2, 0.25) is 0 Å². The van der Waals surface area contributed by atoms with Gasteiger partial charge in [-0.05, 0) is 44.5 Å². The Balaban J connectivity index is 2.33. The standard InChI is InChI=1S/C13H17N3O2S2/c1-9-4-5-11(10(2)15-9)16-20(17,18)13-6-7-19-12(13)8-14-3/h4-7,14,16H,8H2,1-3H3. The molecule has 7 heteroatoms. The van der Waals surface area contributed by atoms with Gasteiger partial charge in [-0.25, -0.2) is 8.42 Å². The lowest BCUT2D eigenvalue weighted by Crippen LogP contribution is -2.16. The van der Waals surface area contributed by atoms with E-state index in [1.54, 1.807) is 37.6 Å². The number of nitrogens with one attached hydrogen (secondary N) is 2. The molecule has 0 aromatic carbocycles. The molecule has 0 bridgehead atoms. The minimum Gasteiger partial charge on any atom is -0.315 e. The van der Waals surface area contributed by atoms with Crippen molar-refractivity contribution in [2.45, 2.75) is 25.3 Å². The maximum absolute atomic E-state index is 12.4. The second kappa shape index (κ2) is 5.90. The molecule has 0 unspecified atom stereocenters. The molecule has 20 heavy (non-hydrogen) atoms. The van der Waals surface area contributed by atoms with Crippen molar-refractivity contribution in [1.82, 2.24) is 10.3 Å². The lowest BCUT2D eigenvalue weighted by molar-refractivity contribution is 0.600. The number of thiophene rings is 1. The lowest BCUT2D eigenvalue weighted by Gasteiger charge is -2.11. The third-order valence-electron chi connectivity index (χ3n) is 2.80. The van der Waals surface area contributed by atoms with Gasteiger partial charge in [-0.15, -0.1) is 11.3 Å². The van der Waals surface area contributed by atoms with E-state index in [-0.39, 0.29) is 0 Å². The van der Waals surface area contributed by atoms with E-state index in [0.717, 1.165) is 10.6 Å². The third-order valence-corrected chi connectivity index (χ3v) is 5.30. The zero-order chi connectivity index (χ0) is 14.8. The van der Waals surface area contributed by atoms with Crippen molar-refractivity contribution in [3.63, 3.8) is 0 Å². The summed E-state index contributed by atoms with van der Waals surface area (Å²) in [5, 5.41) is 4.75. The first-order valence-electron chi connectivity index (χ1n) is 6.12. The van der Waals surface area contributed by atoms with Crippen LogP contribution in [-0.4, -0.2) is 20.4 Å². The van der Waals surface area contributed by atoms with Crippen LogP contribution < -0.4 is 10.0 Å². The van der Waals surface area contributed by atoms with Crippen molar-refractivity contribution in [3.8, 4) is 0 Å². The molecule has 0 fully saturated rings. The minimum atomic E-state index is -3.58. The van der Waals surface area contributed by atoms with Crippen LogP contribution in [0.25, 0.3) is 0 Å². The summed E-state index contributed by atoms with van der Waals surface area (Å²) < 4.78 is 27.5. The van der Waals surface area contributed by atoms with Gasteiger partial charge in [-0.3, -0.25) is 9.71 Å². The molecular weight excluding hydrogens is 294 g/mol. The van der Waals surface area contributed by atoms with Crippen LogP contribution in [0.15, 0.2) is 28.5 Å². The maximum Gasteiger partial charge on any atom is 0.263 e. The molecule has 5 nitrogen and oxygen atoms in total. The Bertz CT molecular complexity index is 708. The van der Waals surface area contributed by atoms with Gasteiger partial charge in [0, 0.05) is 17.1 Å². The highest BCUT2D eigenvalue weighted by atomic mass is 32.2. The number of rotatable bonds is 5. The summed E-state index contributed by atoms with van der Waals surface area (Å²) >= 11 is 1.42. The zero-order valence-corrected chi connectivity index (χ0v) is 13.2. The summed E-state index contributed by atoms with van der Waals surface area (Å²) in [7, 11) is -1.79. The summed E-state index contributed by atoms with van der Waals surface area (Å²) in [5.74, 6) is 0. The fourth-order valence-electron chi connectivity index (χ4n) is 1.85. The molecule has 2 heterocycles. The first-order valence-corrected chi connectivity index (χ1v) is 8.48. The number of anilines is 1. The topological polar surface area (TPSA) is 71.1 Å². The van der Waals surface area contributed by atoms with Crippen LogP contribution in [0, 0.1) is 13.8 Å². The average molecular weight is 311 g/mol. The van der Waals surface area contributed by atoms with Crippen LogP contribution in [0.1, 0.15) is 16.3 Å². The molecule has 2 aromatic rings. The van der Waals surface area contributed by atoms with E-state index in [1.807, 2.05) is 6.92 Å². The predicted octanol–water partition coefficient (Wildman–Crippen LogP) is 2.28. The van der Waals surface area contributed by atoms with Crippen molar-refractivity contribution >= 4 is 27.0 Å². The Kier molecular flexibility index (Phi) is 4.42. The number of aromatic nitrogens is 1. The number of nitrogens with zero attached hydrogens (tertiary/aromatic N) is 1. The fourth-order valence-corrected chi connectivity index (χ4v) is 4.43. The second-order valence-corrected chi connectivity index (χ2v) is 7.08. The Morgan fingerprint density at radius 3 is 2.65 bits per heavy atom. The molecule has 0 spiro atoms. The largest absolute Gasteiger partial charge is 0.315 e. The van der Waals surface area contributed by atoms with Gasteiger partial charge in [0.1, 0.15) is 4.90 Å². The molecule has 0 aliphatic rings. The Morgan fingerprint density at radius 1 is 1.25 bits per heavy atom. The van der Waals surface area contributed by atoms with E-state index >= 15 is 0 Å². The number of hydrogen-bond donors (Lipinski definition) is 2. The smallest absolute Gasteiger partial charge is 0.263 e. The van der Waals surface area contributed by atoms with Gasteiger partial charge in [0.05, 0.1) is 11.4 Å². The van der Waals surface area contributed by atoms with Gasteiger partial charge >= 0.3 is 0 Å². The Morgan fingerprint density at radius 2 is 2.00 bits per heavy atom. The van der Waals surface area contributed by atoms with Crippen LogP contribution in [0.3, 0.4) is 0 Å². The number of aryl methyl sites for hydroxylation is 2. The van der Waals surface area contributed by atoms with Crippen molar-refractivity contribution < 1.29 is 8.42 Å².